The molecule has 2 aromatic carbocycles. The second-order valence-corrected chi connectivity index (χ2v) is 7.01. The van der Waals surface area contributed by atoms with Gasteiger partial charge < -0.3 is 14.2 Å². The van der Waals surface area contributed by atoms with E-state index < -0.39 is 0 Å². The molecule has 0 aliphatic rings. The van der Waals surface area contributed by atoms with Gasteiger partial charge in [0.2, 0.25) is 0 Å². The summed E-state index contributed by atoms with van der Waals surface area (Å²) in [4.78, 5) is 24.0. The van der Waals surface area contributed by atoms with Crippen molar-refractivity contribution >= 4 is 29.4 Å². The van der Waals surface area contributed by atoms with Gasteiger partial charge in [-0.1, -0.05) is 18.2 Å². The number of thiophene rings is 1. The lowest BCUT2D eigenvalue weighted by molar-refractivity contribution is 0.0600. The van der Waals surface area contributed by atoms with Crippen LogP contribution < -0.4 is 14.9 Å². The number of nitrogens with one attached hydrogen (secondary N) is 1. The zero-order chi connectivity index (χ0) is 21.3. The standard InChI is InChI=1S/C22H20N2O5S/c1-27-19-12-16(13-23-24-21(25)20-4-3-11-30-20)7-10-18(19)29-14-15-5-8-17(9-6-15)22(26)28-2/h3-13H,14H2,1-2H3,(H,24,25). The van der Waals surface area contributed by atoms with E-state index in [2.05, 4.69) is 15.3 Å². The Morgan fingerprint density at radius 1 is 1.07 bits per heavy atom. The molecule has 154 valence electrons. The maximum Gasteiger partial charge on any atom is 0.337 e. The molecule has 0 radical (unpaired) electrons. The molecule has 0 aliphatic carbocycles. The zero-order valence-corrected chi connectivity index (χ0v) is 17.3. The zero-order valence-electron chi connectivity index (χ0n) is 16.5. The summed E-state index contributed by atoms with van der Waals surface area (Å²) in [6.07, 6.45) is 1.53. The van der Waals surface area contributed by atoms with Crippen molar-refractivity contribution in [2.24, 2.45) is 5.10 Å². The Morgan fingerprint density at radius 3 is 2.53 bits per heavy atom. The van der Waals surface area contributed by atoms with Gasteiger partial charge in [0.15, 0.2) is 11.5 Å². The fourth-order valence-electron chi connectivity index (χ4n) is 2.53. The van der Waals surface area contributed by atoms with Crippen molar-refractivity contribution in [2.75, 3.05) is 14.2 Å². The van der Waals surface area contributed by atoms with Crippen molar-refractivity contribution in [3.05, 3.63) is 81.5 Å². The van der Waals surface area contributed by atoms with Gasteiger partial charge in [-0.2, -0.15) is 5.10 Å². The van der Waals surface area contributed by atoms with Gasteiger partial charge in [-0.3, -0.25) is 4.79 Å². The molecule has 0 unspecified atom stereocenters. The number of methoxy groups -OCH3 is 2. The van der Waals surface area contributed by atoms with Crippen molar-refractivity contribution in [2.45, 2.75) is 6.61 Å². The van der Waals surface area contributed by atoms with E-state index in [1.165, 1.54) is 24.7 Å². The molecule has 3 rings (SSSR count). The third kappa shape index (κ3) is 5.45. The van der Waals surface area contributed by atoms with Crippen LogP contribution in [0.1, 0.15) is 31.2 Å². The lowest BCUT2D eigenvalue weighted by atomic mass is 10.1. The molecule has 8 heteroatoms. The lowest BCUT2D eigenvalue weighted by Gasteiger charge is -2.11. The number of amides is 1. The minimum Gasteiger partial charge on any atom is -0.493 e. The fourth-order valence-corrected chi connectivity index (χ4v) is 3.14. The number of hydrogen-bond donors (Lipinski definition) is 1. The first-order chi connectivity index (χ1) is 14.6. The molecule has 1 amide bonds. The molecule has 0 saturated carbocycles. The number of carbonyl (C=O) groups excluding carboxylic acids is 2. The summed E-state index contributed by atoms with van der Waals surface area (Å²) in [5.41, 5.74) is 4.60. The van der Waals surface area contributed by atoms with Gasteiger partial charge in [-0.15, -0.1) is 11.3 Å². The molecule has 0 aliphatic heterocycles. The van der Waals surface area contributed by atoms with Gasteiger partial charge in [0.05, 0.1) is 30.9 Å². The highest BCUT2D eigenvalue weighted by Gasteiger charge is 2.08. The topological polar surface area (TPSA) is 86.2 Å². The predicted octanol–water partition coefficient (Wildman–Crippen LogP) is 3.89. The highest BCUT2D eigenvalue weighted by molar-refractivity contribution is 7.12. The SMILES string of the molecule is COC(=O)c1ccc(COc2ccc(C=NNC(=O)c3cccs3)cc2OC)cc1. The maximum absolute atomic E-state index is 11.9. The molecule has 3 aromatic rings. The van der Waals surface area contributed by atoms with Crippen molar-refractivity contribution in [3.8, 4) is 11.5 Å². The fraction of sp³-hybridized carbons (Fsp3) is 0.136. The first kappa shape index (κ1) is 21.1. The van der Waals surface area contributed by atoms with E-state index in [0.29, 0.717) is 28.5 Å². The highest BCUT2D eigenvalue weighted by atomic mass is 32.1. The van der Waals surface area contributed by atoms with Crippen molar-refractivity contribution in [1.82, 2.24) is 5.43 Å². The van der Waals surface area contributed by atoms with E-state index in [1.807, 2.05) is 5.38 Å². The largest absolute Gasteiger partial charge is 0.493 e. The molecule has 0 spiro atoms. The molecular weight excluding hydrogens is 404 g/mol. The maximum atomic E-state index is 11.9. The number of hydrazone groups is 1. The molecule has 0 fully saturated rings. The van der Waals surface area contributed by atoms with E-state index >= 15 is 0 Å². The van der Waals surface area contributed by atoms with E-state index in [4.69, 9.17) is 9.47 Å². The number of nitrogens with zero attached hydrogens (tertiary/aromatic N) is 1. The summed E-state index contributed by atoms with van der Waals surface area (Å²) in [5.74, 6) is 0.461. The summed E-state index contributed by atoms with van der Waals surface area (Å²) >= 11 is 1.35. The molecule has 0 saturated heterocycles. The minimum atomic E-state index is -0.382. The molecular formula is C22H20N2O5S. The van der Waals surface area contributed by atoms with Gasteiger partial charge >= 0.3 is 5.97 Å². The summed E-state index contributed by atoms with van der Waals surface area (Å²) in [5, 5.41) is 5.80. The average molecular weight is 424 g/mol. The quantitative estimate of drug-likeness (QED) is 0.337. The van der Waals surface area contributed by atoms with Gasteiger partial charge in [-0.05, 0) is 52.9 Å². The van der Waals surface area contributed by atoms with Crippen LogP contribution in [-0.2, 0) is 11.3 Å². The highest BCUT2D eigenvalue weighted by Crippen LogP contribution is 2.28. The Kier molecular flexibility index (Phi) is 7.18. The third-order valence-electron chi connectivity index (χ3n) is 4.08. The van der Waals surface area contributed by atoms with Crippen LogP contribution in [0, 0.1) is 0 Å². The van der Waals surface area contributed by atoms with Crippen LogP contribution in [-0.4, -0.2) is 32.3 Å². The van der Waals surface area contributed by atoms with Crippen LogP contribution in [0.2, 0.25) is 0 Å². The van der Waals surface area contributed by atoms with E-state index in [-0.39, 0.29) is 11.9 Å². The predicted molar refractivity (Wildman–Crippen MR) is 114 cm³/mol. The number of benzene rings is 2. The summed E-state index contributed by atoms with van der Waals surface area (Å²) < 4.78 is 15.9. The van der Waals surface area contributed by atoms with Crippen LogP contribution in [0.3, 0.4) is 0 Å². The number of rotatable bonds is 8. The first-order valence-electron chi connectivity index (χ1n) is 8.95. The van der Waals surface area contributed by atoms with Crippen LogP contribution in [0.15, 0.2) is 65.1 Å². The van der Waals surface area contributed by atoms with Gasteiger partial charge in [0.25, 0.3) is 5.91 Å². The molecule has 1 N–H and O–H groups in total. The third-order valence-corrected chi connectivity index (χ3v) is 4.95. The van der Waals surface area contributed by atoms with Gasteiger partial charge in [0.1, 0.15) is 6.61 Å². The average Bonchev–Trinajstić information content (AvgIpc) is 3.33. The Labute approximate surface area is 177 Å². The number of ether oxygens (including phenoxy) is 3. The van der Waals surface area contributed by atoms with Crippen LogP contribution in [0.5, 0.6) is 11.5 Å². The Bertz CT molecular complexity index is 1030. The number of hydrogen-bond acceptors (Lipinski definition) is 7. The number of esters is 1. The van der Waals surface area contributed by atoms with Gasteiger partial charge in [-0.25, -0.2) is 10.2 Å². The van der Waals surface area contributed by atoms with E-state index in [0.717, 1.165) is 11.1 Å². The van der Waals surface area contributed by atoms with Crippen molar-refractivity contribution < 1.29 is 23.8 Å². The van der Waals surface area contributed by atoms with Crippen LogP contribution in [0.4, 0.5) is 0 Å². The Morgan fingerprint density at radius 2 is 1.87 bits per heavy atom. The Balaban J connectivity index is 1.60. The van der Waals surface area contributed by atoms with Gasteiger partial charge in [0, 0.05) is 0 Å². The van der Waals surface area contributed by atoms with Crippen LogP contribution in [0.25, 0.3) is 0 Å². The second-order valence-electron chi connectivity index (χ2n) is 6.06. The molecule has 30 heavy (non-hydrogen) atoms. The molecule has 0 bridgehead atoms. The van der Waals surface area contributed by atoms with E-state index in [9.17, 15) is 9.59 Å². The first-order valence-corrected chi connectivity index (χ1v) is 9.83. The Hall–Kier alpha value is -3.65. The van der Waals surface area contributed by atoms with E-state index in [1.54, 1.807) is 61.7 Å². The summed E-state index contributed by atoms with van der Waals surface area (Å²) in [6, 6.07) is 15.8. The van der Waals surface area contributed by atoms with Crippen molar-refractivity contribution in [1.29, 1.82) is 0 Å². The second kappa shape index (κ2) is 10.2. The number of carbonyl (C=O) groups is 2. The van der Waals surface area contributed by atoms with Crippen molar-refractivity contribution in [3.63, 3.8) is 0 Å². The monoisotopic (exact) mass is 424 g/mol. The summed E-state index contributed by atoms with van der Waals surface area (Å²) in [6.45, 7) is 0.308. The lowest BCUT2D eigenvalue weighted by Crippen LogP contribution is -2.16. The molecule has 0 atom stereocenters. The van der Waals surface area contributed by atoms with Crippen LogP contribution >= 0.6 is 11.3 Å². The smallest absolute Gasteiger partial charge is 0.337 e. The molecule has 1 aromatic heterocycles. The normalized spacial score (nSPS) is 10.6. The molecule has 7 nitrogen and oxygen atoms in total. The minimum absolute atomic E-state index is 0.258. The summed E-state index contributed by atoms with van der Waals surface area (Å²) in [7, 11) is 2.89. The molecule has 1 heterocycles.